The van der Waals surface area contributed by atoms with Crippen molar-refractivity contribution in [2.45, 2.75) is 31.1 Å². The molecule has 17 heavy (non-hydrogen) atoms. The molecule has 1 amide bonds. The summed E-state index contributed by atoms with van der Waals surface area (Å²) in [5.41, 5.74) is 0. The standard InChI is InChI=1S/C12H22N2OS2/c1-9-2-3-13-11(6-9)12(15)14-7-10-8-16-4-5-17-10/h9-11,13H,2-8H2,1H3,(H,14,15). The number of piperidine rings is 1. The first-order valence-electron chi connectivity index (χ1n) is 6.46. The van der Waals surface area contributed by atoms with Crippen LogP contribution in [0.25, 0.3) is 0 Å². The SMILES string of the molecule is CC1CCNC(C(=O)NCC2CSCCS2)C1. The van der Waals surface area contributed by atoms with Crippen molar-refractivity contribution in [1.29, 1.82) is 0 Å². The van der Waals surface area contributed by atoms with Crippen LogP contribution in [0.1, 0.15) is 19.8 Å². The van der Waals surface area contributed by atoms with E-state index < -0.39 is 0 Å². The van der Waals surface area contributed by atoms with Crippen LogP contribution in [0.5, 0.6) is 0 Å². The zero-order chi connectivity index (χ0) is 12.1. The number of nitrogens with one attached hydrogen (secondary N) is 2. The third-order valence-electron chi connectivity index (χ3n) is 3.37. The lowest BCUT2D eigenvalue weighted by molar-refractivity contribution is -0.123. The molecule has 2 aliphatic rings. The quantitative estimate of drug-likeness (QED) is 0.815. The second-order valence-electron chi connectivity index (χ2n) is 4.95. The van der Waals surface area contributed by atoms with Gasteiger partial charge in [0.05, 0.1) is 6.04 Å². The Bertz CT molecular complexity index is 257. The zero-order valence-electron chi connectivity index (χ0n) is 10.4. The molecule has 2 rings (SSSR count). The molecule has 2 saturated heterocycles. The van der Waals surface area contributed by atoms with Crippen LogP contribution in [0.4, 0.5) is 0 Å². The van der Waals surface area contributed by atoms with Gasteiger partial charge in [0.2, 0.25) is 5.91 Å². The fourth-order valence-corrected chi connectivity index (χ4v) is 4.91. The summed E-state index contributed by atoms with van der Waals surface area (Å²) in [6, 6.07) is 0.0417. The second-order valence-corrected chi connectivity index (χ2v) is 7.51. The molecule has 2 N–H and O–H groups in total. The molecule has 0 aromatic rings. The highest BCUT2D eigenvalue weighted by Crippen LogP contribution is 2.23. The maximum Gasteiger partial charge on any atom is 0.237 e. The largest absolute Gasteiger partial charge is 0.354 e. The van der Waals surface area contributed by atoms with E-state index in [0.717, 1.165) is 19.5 Å². The second kappa shape index (κ2) is 6.90. The minimum absolute atomic E-state index is 0.0417. The lowest BCUT2D eigenvalue weighted by Crippen LogP contribution is -2.49. The summed E-state index contributed by atoms with van der Waals surface area (Å²) in [6.45, 7) is 4.05. The average molecular weight is 274 g/mol. The molecular weight excluding hydrogens is 252 g/mol. The zero-order valence-corrected chi connectivity index (χ0v) is 12.0. The number of hydrogen-bond acceptors (Lipinski definition) is 4. The van der Waals surface area contributed by atoms with Gasteiger partial charge in [0.1, 0.15) is 0 Å². The summed E-state index contributed by atoms with van der Waals surface area (Å²) >= 11 is 4.00. The van der Waals surface area contributed by atoms with Gasteiger partial charge in [0.25, 0.3) is 0 Å². The van der Waals surface area contributed by atoms with E-state index in [1.54, 1.807) is 0 Å². The lowest BCUT2D eigenvalue weighted by Gasteiger charge is -2.28. The Kier molecular flexibility index (Phi) is 5.50. The molecule has 3 unspecified atom stereocenters. The molecule has 0 aromatic carbocycles. The van der Waals surface area contributed by atoms with E-state index in [4.69, 9.17) is 0 Å². The molecule has 0 spiro atoms. The van der Waals surface area contributed by atoms with Crippen molar-refractivity contribution in [3.63, 3.8) is 0 Å². The van der Waals surface area contributed by atoms with E-state index in [-0.39, 0.29) is 11.9 Å². The van der Waals surface area contributed by atoms with Gasteiger partial charge in [-0.25, -0.2) is 0 Å². The molecule has 2 aliphatic heterocycles. The molecule has 0 bridgehead atoms. The first-order chi connectivity index (χ1) is 8.25. The summed E-state index contributed by atoms with van der Waals surface area (Å²) < 4.78 is 0. The molecule has 0 radical (unpaired) electrons. The van der Waals surface area contributed by atoms with E-state index in [2.05, 4.69) is 17.6 Å². The molecule has 3 nitrogen and oxygen atoms in total. The van der Waals surface area contributed by atoms with E-state index in [1.807, 2.05) is 23.5 Å². The monoisotopic (exact) mass is 274 g/mol. The van der Waals surface area contributed by atoms with Crippen molar-refractivity contribution in [2.75, 3.05) is 30.3 Å². The van der Waals surface area contributed by atoms with Crippen LogP contribution in [0.3, 0.4) is 0 Å². The van der Waals surface area contributed by atoms with Crippen molar-refractivity contribution < 1.29 is 4.79 Å². The first-order valence-corrected chi connectivity index (χ1v) is 8.66. The first kappa shape index (κ1) is 13.6. The van der Waals surface area contributed by atoms with Gasteiger partial charge in [-0.15, -0.1) is 0 Å². The van der Waals surface area contributed by atoms with Crippen LogP contribution in [-0.4, -0.2) is 47.5 Å². The van der Waals surface area contributed by atoms with Crippen LogP contribution >= 0.6 is 23.5 Å². The summed E-state index contributed by atoms with van der Waals surface area (Å²) in [4.78, 5) is 12.0. The van der Waals surface area contributed by atoms with E-state index >= 15 is 0 Å². The van der Waals surface area contributed by atoms with Gasteiger partial charge in [-0.3, -0.25) is 4.79 Å². The van der Waals surface area contributed by atoms with Crippen LogP contribution in [0.15, 0.2) is 0 Å². The molecule has 0 aromatic heterocycles. The average Bonchev–Trinajstić information content (AvgIpc) is 2.37. The van der Waals surface area contributed by atoms with Gasteiger partial charge in [-0.1, -0.05) is 6.92 Å². The van der Waals surface area contributed by atoms with Crippen LogP contribution in [-0.2, 0) is 4.79 Å². The minimum Gasteiger partial charge on any atom is -0.354 e. The number of hydrogen-bond donors (Lipinski definition) is 2. The number of thioether (sulfide) groups is 2. The van der Waals surface area contributed by atoms with Gasteiger partial charge >= 0.3 is 0 Å². The molecule has 2 fully saturated rings. The highest BCUT2D eigenvalue weighted by molar-refractivity contribution is 8.06. The Morgan fingerprint density at radius 3 is 3.06 bits per heavy atom. The van der Waals surface area contributed by atoms with E-state index in [0.29, 0.717) is 11.2 Å². The van der Waals surface area contributed by atoms with Gasteiger partial charge in [-0.05, 0) is 25.3 Å². The predicted molar refractivity (Wildman–Crippen MR) is 76.8 cm³/mol. The number of rotatable bonds is 3. The third-order valence-corrected chi connectivity index (χ3v) is 6.22. The molecular formula is C12H22N2OS2. The van der Waals surface area contributed by atoms with Gasteiger partial charge in [-0.2, -0.15) is 23.5 Å². The van der Waals surface area contributed by atoms with Gasteiger partial charge in [0.15, 0.2) is 0 Å². The summed E-state index contributed by atoms with van der Waals surface area (Å²) in [5, 5.41) is 7.03. The Labute approximate surface area is 112 Å². The number of carbonyl (C=O) groups is 1. The molecule has 98 valence electrons. The fraction of sp³-hybridized carbons (Fsp3) is 0.917. The number of amides is 1. The minimum atomic E-state index is 0.0417. The van der Waals surface area contributed by atoms with Gasteiger partial charge < -0.3 is 10.6 Å². The summed E-state index contributed by atoms with van der Waals surface area (Å²) in [7, 11) is 0. The van der Waals surface area contributed by atoms with Crippen molar-refractivity contribution >= 4 is 29.4 Å². The summed E-state index contributed by atoms with van der Waals surface area (Å²) in [6.07, 6.45) is 2.18. The molecule has 0 saturated carbocycles. The van der Waals surface area contributed by atoms with Crippen molar-refractivity contribution in [3.05, 3.63) is 0 Å². The van der Waals surface area contributed by atoms with Crippen molar-refractivity contribution in [3.8, 4) is 0 Å². The topological polar surface area (TPSA) is 41.1 Å². The molecule has 2 heterocycles. The Morgan fingerprint density at radius 1 is 1.47 bits per heavy atom. The van der Waals surface area contributed by atoms with Crippen molar-refractivity contribution in [1.82, 2.24) is 10.6 Å². The van der Waals surface area contributed by atoms with E-state index in [9.17, 15) is 4.79 Å². The Hall–Kier alpha value is 0.130. The van der Waals surface area contributed by atoms with Crippen LogP contribution in [0, 0.1) is 5.92 Å². The predicted octanol–water partition coefficient (Wildman–Crippen LogP) is 1.34. The van der Waals surface area contributed by atoms with Crippen LogP contribution in [0.2, 0.25) is 0 Å². The maximum absolute atomic E-state index is 12.0. The highest BCUT2D eigenvalue weighted by atomic mass is 32.2. The fourth-order valence-electron chi connectivity index (χ4n) is 2.30. The molecule has 0 aliphatic carbocycles. The highest BCUT2D eigenvalue weighted by Gasteiger charge is 2.25. The maximum atomic E-state index is 12.0. The summed E-state index contributed by atoms with van der Waals surface area (Å²) in [5.74, 6) is 4.54. The van der Waals surface area contributed by atoms with Gasteiger partial charge in [0, 0.05) is 29.1 Å². The third kappa shape index (κ3) is 4.38. The lowest BCUT2D eigenvalue weighted by atomic mass is 9.94. The Balaban J connectivity index is 1.69. The molecule has 3 atom stereocenters. The van der Waals surface area contributed by atoms with E-state index in [1.165, 1.54) is 23.7 Å². The number of carbonyl (C=O) groups excluding carboxylic acids is 1. The normalized spacial score (nSPS) is 34.3. The van der Waals surface area contributed by atoms with Crippen molar-refractivity contribution in [2.24, 2.45) is 5.92 Å². The van der Waals surface area contributed by atoms with Crippen LogP contribution < -0.4 is 10.6 Å². The smallest absolute Gasteiger partial charge is 0.237 e. The Morgan fingerprint density at radius 2 is 2.35 bits per heavy atom. The molecule has 5 heteroatoms.